The highest BCUT2D eigenvalue weighted by molar-refractivity contribution is 5.89. The van der Waals surface area contributed by atoms with Crippen LogP contribution in [0.5, 0.6) is 0 Å². The minimum Gasteiger partial charge on any atom is -0.448 e. The van der Waals surface area contributed by atoms with E-state index in [1.807, 2.05) is 19.1 Å². The fourth-order valence-electron chi connectivity index (χ4n) is 3.40. The number of carbonyl (C=O) groups excluding carboxylic acids is 2. The minimum absolute atomic E-state index is 0.235. The van der Waals surface area contributed by atoms with Crippen molar-refractivity contribution in [1.82, 2.24) is 0 Å². The van der Waals surface area contributed by atoms with Gasteiger partial charge < -0.3 is 4.74 Å². The summed E-state index contributed by atoms with van der Waals surface area (Å²) in [5.41, 5.74) is -1.00. The van der Waals surface area contributed by atoms with E-state index < -0.39 is 22.9 Å². The van der Waals surface area contributed by atoms with Gasteiger partial charge in [-0.1, -0.05) is 25.0 Å². The zero-order valence-electron chi connectivity index (χ0n) is 10.9. The predicted octanol–water partition coefficient (Wildman–Crippen LogP) is 2.26. The van der Waals surface area contributed by atoms with Crippen LogP contribution in [0, 0.1) is 23.2 Å². The van der Waals surface area contributed by atoms with Gasteiger partial charge >= 0.3 is 5.97 Å². The zero-order valence-corrected chi connectivity index (χ0v) is 10.9. The van der Waals surface area contributed by atoms with Gasteiger partial charge in [-0.25, -0.2) is 0 Å². The SMILES string of the molecule is C#C[C@H](OC(C)=O)[C@@]12C=CCC[C@@]1(C)C(=O)CC2. The highest BCUT2D eigenvalue weighted by Crippen LogP contribution is 2.58. The number of hydrogen-bond acceptors (Lipinski definition) is 3. The van der Waals surface area contributed by atoms with Crippen molar-refractivity contribution < 1.29 is 14.3 Å². The van der Waals surface area contributed by atoms with E-state index in [4.69, 9.17) is 11.2 Å². The number of Topliss-reactive ketones (excluding diaryl/α,β-unsaturated/α-hetero) is 1. The molecule has 3 atom stereocenters. The lowest BCUT2D eigenvalue weighted by Crippen LogP contribution is -2.48. The quantitative estimate of drug-likeness (QED) is 0.426. The van der Waals surface area contributed by atoms with Crippen molar-refractivity contribution in [1.29, 1.82) is 0 Å². The Morgan fingerprint density at radius 3 is 2.89 bits per heavy atom. The molecule has 0 heterocycles. The first-order chi connectivity index (χ1) is 8.46. The molecule has 1 fully saturated rings. The number of carbonyl (C=O) groups is 2. The summed E-state index contributed by atoms with van der Waals surface area (Å²) < 4.78 is 5.28. The van der Waals surface area contributed by atoms with Gasteiger partial charge in [0.1, 0.15) is 5.78 Å². The molecule has 2 aliphatic rings. The number of esters is 1. The summed E-state index contributed by atoms with van der Waals surface area (Å²) in [5, 5.41) is 0. The molecule has 0 amide bonds. The highest BCUT2D eigenvalue weighted by atomic mass is 16.5. The van der Waals surface area contributed by atoms with Crippen LogP contribution in [0.15, 0.2) is 12.2 Å². The molecule has 3 nitrogen and oxygen atoms in total. The Balaban J connectivity index is 2.46. The third-order valence-corrected chi connectivity index (χ3v) is 4.54. The summed E-state index contributed by atoms with van der Waals surface area (Å²) in [5.74, 6) is 2.40. The molecule has 0 spiro atoms. The van der Waals surface area contributed by atoms with Crippen LogP contribution in [0.25, 0.3) is 0 Å². The van der Waals surface area contributed by atoms with Crippen molar-refractivity contribution in [2.24, 2.45) is 10.8 Å². The first-order valence-electron chi connectivity index (χ1n) is 6.31. The zero-order chi connectivity index (χ0) is 13.4. The first-order valence-corrected chi connectivity index (χ1v) is 6.31. The van der Waals surface area contributed by atoms with Gasteiger partial charge in [-0.05, 0) is 19.3 Å². The van der Waals surface area contributed by atoms with Gasteiger partial charge in [0.15, 0.2) is 6.10 Å². The van der Waals surface area contributed by atoms with E-state index in [0.29, 0.717) is 12.8 Å². The molecule has 0 saturated heterocycles. The van der Waals surface area contributed by atoms with Crippen LogP contribution in [0.1, 0.15) is 39.5 Å². The molecule has 3 heteroatoms. The van der Waals surface area contributed by atoms with Crippen LogP contribution in [-0.4, -0.2) is 17.9 Å². The molecule has 0 radical (unpaired) electrons. The van der Waals surface area contributed by atoms with Gasteiger partial charge in [0.2, 0.25) is 0 Å². The van der Waals surface area contributed by atoms with Crippen LogP contribution in [0.3, 0.4) is 0 Å². The van der Waals surface area contributed by atoms with E-state index in [9.17, 15) is 9.59 Å². The molecule has 0 aromatic heterocycles. The van der Waals surface area contributed by atoms with Crippen molar-refractivity contribution in [2.45, 2.75) is 45.6 Å². The number of ketones is 1. The smallest absolute Gasteiger partial charge is 0.303 e. The maximum atomic E-state index is 12.2. The molecule has 1 saturated carbocycles. The molecule has 96 valence electrons. The Labute approximate surface area is 108 Å². The number of rotatable bonds is 2. The third kappa shape index (κ3) is 1.59. The van der Waals surface area contributed by atoms with E-state index in [1.54, 1.807) is 0 Å². The molecular formula is C15H18O3. The summed E-state index contributed by atoms with van der Waals surface area (Å²) in [6.45, 7) is 3.31. The Morgan fingerprint density at radius 2 is 2.28 bits per heavy atom. The Kier molecular flexibility index (Phi) is 3.06. The number of ether oxygens (including phenoxy) is 1. The predicted molar refractivity (Wildman–Crippen MR) is 67.5 cm³/mol. The van der Waals surface area contributed by atoms with Gasteiger partial charge in [0, 0.05) is 24.2 Å². The molecular weight excluding hydrogens is 228 g/mol. The van der Waals surface area contributed by atoms with Gasteiger partial charge in [0.05, 0.1) is 0 Å². The van der Waals surface area contributed by atoms with Gasteiger partial charge in [-0.15, -0.1) is 6.42 Å². The largest absolute Gasteiger partial charge is 0.448 e. The van der Waals surface area contributed by atoms with Crippen LogP contribution in [0.4, 0.5) is 0 Å². The van der Waals surface area contributed by atoms with Crippen LogP contribution in [0.2, 0.25) is 0 Å². The van der Waals surface area contributed by atoms with E-state index >= 15 is 0 Å². The summed E-state index contributed by atoms with van der Waals surface area (Å²) in [7, 11) is 0. The van der Waals surface area contributed by atoms with E-state index in [-0.39, 0.29) is 5.78 Å². The Hall–Kier alpha value is -1.56. The Bertz CT molecular complexity index is 457. The van der Waals surface area contributed by atoms with Gasteiger partial charge in [-0.2, -0.15) is 0 Å². The van der Waals surface area contributed by atoms with E-state index in [0.717, 1.165) is 12.8 Å². The van der Waals surface area contributed by atoms with Gasteiger partial charge in [-0.3, -0.25) is 9.59 Å². The van der Waals surface area contributed by atoms with Gasteiger partial charge in [0.25, 0.3) is 0 Å². The molecule has 2 rings (SSSR count). The average molecular weight is 246 g/mol. The molecule has 0 aliphatic heterocycles. The second-order valence-corrected chi connectivity index (χ2v) is 5.39. The minimum atomic E-state index is -0.650. The second-order valence-electron chi connectivity index (χ2n) is 5.39. The monoisotopic (exact) mass is 246 g/mol. The fraction of sp³-hybridized carbons (Fsp3) is 0.600. The maximum Gasteiger partial charge on any atom is 0.303 e. The topological polar surface area (TPSA) is 43.4 Å². The van der Waals surface area contributed by atoms with Crippen molar-refractivity contribution in [3.63, 3.8) is 0 Å². The highest BCUT2D eigenvalue weighted by Gasteiger charge is 2.60. The summed E-state index contributed by atoms with van der Waals surface area (Å²) in [6.07, 6.45) is 11.8. The third-order valence-electron chi connectivity index (χ3n) is 4.54. The molecule has 0 aromatic rings. The van der Waals surface area contributed by atoms with E-state index in [1.165, 1.54) is 6.92 Å². The summed E-state index contributed by atoms with van der Waals surface area (Å²) >= 11 is 0. The maximum absolute atomic E-state index is 12.2. The second kappa shape index (κ2) is 4.28. The van der Waals surface area contributed by atoms with Crippen molar-refractivity contribution in [3.05, 3.63) is 12.2 Å². The number of terminal acetylenes is 1. The average Bonchev–Trinajstić information content (AvgIpc) is 2.60. The van der Waals surface area contributed by atoms with Crippen molar-refractivity contribution >= 4 is 11.8 Å². The molecule has 0 N–H and O–H groups in total. The lowest BCUT2D eigenvalue weighted by atomic mass is 9.59. The number of fused-ring (bicyclic) bond motifs is 1. The van der Waals surface area contributed by atoms with Crippen LogP contribution < -0.4 is 0 Å². The summed E-state index contributed by atoms with van der Waals surface area (Å²) in [4.78, 5) is 23.4. The normalized spacial score (nSPS) is 35.7. The van der Waals surface area contributed by atoms with Crippen molar-refractivity contribution in [3.8, 4) is 12.3 Å². The number of hydrogen-bond donors (Lipinski definition) is 0. The lowest BCUT2D eigenvalue weighted by Gasteiger charge is -2.45. The molecule has 0 aromatic carbocycles. The molecule has 0 unspecified atom stereocenters. The summed E-state index contributed by atoms with van der Waals surface area (Å²) in [6, 6.07) is 0. The first kappa shape index (κ1) is 12.9. The lowest BCUT2D eigenvalue weighted by molar-refractivity contribution is -0.153. The van der Waals surface area contributed by atoms with Crippen LogP contribution >= 0.6 is 0 Å². The standard InChI is InChI=1S/C15H18O3/c1-4-13(18-11(2)16)15-9-6-5-8-14(15,3)12(17)7-10-15/h1,6,9,13H,5,7-8,10H2,2-3H3/t13-,14-,15-/m0/s1. The molecule has 18 heavy (non-hydrogen) atoms. The van der Waals surface area contributed by atoms with Crippen LogP contribution in [-0.2, 0) is 14.3 Å². The van der Waals surface area contributed by atoms with Crippen molar-refractivity contribution in [2.75, 3.05) is 0 Å². The molecule has 2 aliphatic carbocycles. The Morgan fingerprint density at radius 1 is 1.56 bits per heavy atom. The molecule has 0 bridgehead atoms. The fourth-order valence-corrected chi connectivity index (χ4v) is 3.40. The number of allylic oxidation sites excluding steroid dienone is 1. The van der Waals surface area contributed by atoms with E-state index in [2.05, 4.69) is 5.92 Å².